The average Bonchev–Trinajstić information content (AvgIpc) is 3.11. The number of rotatable bonds is 5. The van der Waals surface area contributed by atoms with Crippen LogP contribution in [-0.4, -0.2) is 32.9 Å². The van der Waals surface area contributed by atoms with E-state index in [9.17, 15) is 4.79 Å². The quantitative estimate of drug-likeness (QED) is 0.643. The molecule has 6 heteroatoms. The Morgan fingerprint density at radius 3 is 2.78 bits per heavy atom. The molecule has 0 unspecified atom stereocenters. The zero-order chi connectivity index (χ0) is 16.4. The fourth-order valence-corrected chi connectivity index (χ4v) is 5.97. The van der Waals surface area contributed by atoms with Gasteiger partial charge < -0.3 is 5.32 Å². The molecular weight excluding hydrogens is 326 g/mol. The third-order valence-electron chi connectivity index (χ3n) is 4.72. The maximum Gasteiger partial charge on any atom is 0.230 e. The summed E-state index contributed by atoms with van der Waals surface area (Å²) < 4.78 is 0. The number of hydrogen-bond donors (Lipinski definition) is 1. The molecule has 3 rings (SSSR count). The summed E-state index contributed by atoms with van der Waals surface area (Å²) in [5.41, 5.74) is 1.27. The molecule has 0 aromatic carbocycles. The van der Waals surface area contributed by atoms with Gasteiger partial charge in [0, 0.05) is 22.8 Å². The lowest BCUT2D eigenvalue weighted by Gasteiger charge is -2.16. The van der Waals surface area contributed by atoms with Crippen molar-refractivity contribution in [3.63, 3.8) is 0 Å². The highest BCUT2D eigenvalue weighted by atomic mass is 32.2. The number of carbonyl (C=O) groups is 1. The van der Waals surface area contributed by atoms with E-state index in [4.69, 9.17) is 0 Å². The van der Waals surface area contributed by atoms with Crippen molar-refractivity contribution in [2.45, 2.75) is 80.1 Å². The van der Waals surface area contributed by atoms with Crippen LogP contribution in [0.3, 0.4) is 0 Å². The zero-order valence-corrected chi connectivity index (χ0v) is 15.7. The molecule has 0 bridgehead atoms. The fourth-order valence-electron chi connectivity index (χ4n) is 3.55. The van der Waals surface area contributed by atoms with Gasteiger partial charge >= 0.3 is 0 Å². The normalized spacial score (nSPS) is 24.0. The smallest absolute Gasteiger partial charge is 0.230 e. The van der Waals surface area contributed by atoms with Crippen molar-refractivity contribution in [2.24, 2.45) is 0 Å². The second-order valence-electron chi connectivity index (χ2n) is 6.47. The van der Waals surface area contributed by atoms with Gasteiger partial charge in [-0.2, -0.15) is 0 Å². The third kappa shape index (κ3) is 3.85. The highest BCUT2D eigenvalue weighted by molar-refractivity contribution is 8.01. The molecule has 4 nitrogen and oxygen atoms in total. The maximum absolute atomic E-state index is 12.2. The Hall–Kier alpha value is -0.750. The maximum atomic E-state index is 12.2. The number of hydrogen-bond acceptors (Lipinski definition) is 5. The van der Waals surface area contributed by atoms with E-state index in [-0.39, 0.29) is 5.91 Å². The van der Waals surface area contributed by atoms with Gasteiger partial charge in [-0.25, -0.2) is 9.97 Å². The monoisotopic (exact) mass is 351 g/mol. The minimum Gasteiger partial charge on any atom is -0.353 e. The number of thioether (sulfide) groups is 2. The second kappa shape index (κ2) is 7.43. The van der Waals surface area contributed by atoms with Crippen LogP contribution in [0.2, 0.25) is 0 Å². The van der Waals surface area contributed by atoms with Crippen LogP contribution in [0, 0.1) is 6.92 Å². The zero-order valence-electron chi connectivity index (χ0n) is 14.1. The molecule has 1 saturated carbocycles. The first-order chi connectivity index (χ1) is 11.1. The molecule has 23 heavy (non-hydrogen) atoms. The molecule has 2 aliphatic rings. The van der Waals surface area contributed by atoms with Crippen LogP contribution in [-0.2, 0) is 4.79 Å². The summed E-state index contributed by atoms with van der Waals surface area (Å²) in [5.74, 6) is 1.89. The summed E-state index contributed by atoms with van der Waals surface area (Å²) in [6.45, 7) is 6.42. The number of nitrogens with one attached hydrogen (secondary N) is 1. The Bertz CT molecular complexity index is 587. The minimum absolute atomic E-state index is 0.138. The Balaban J connectivity index is 1.69. The lowest BCUT2D eigenvalue weighted by Crippen LogP contribution is -2.33. The van der Waals surface area contributed by atoms with Crippen molar-refractivity contribution in [3.05, 3.63) is 11.4 Å². The summed E-state index contributed by atoms with van der Waals surface area (Å²) in [7, 11) is 0. The molecule has 0 spiro atoms. The topological polar surface area (TPSA) is 54.9 Å². The van der Waals surface area contributed by atoms with Gasteiger partial charge in [-0.15, -0.1) is 11.8 Å². The van der Waals surface area contributed by atoms with E-state index < -0.39 is 0 Å². The molecular formula is C17H25N3OS2. The van der Waals surface area contributed by atoms with E-state index in [1.807, 2.05) is 18.7 Å². The van der Waals surface area contributed by atoms with Crippen LogP contribution in [0.15, 0.2) is 10.1 Å². The van der Waals surface area contributed by atoms with Crippen LogP contribution < -0.4 is 5.32 Å². The number of aromatic nitrogens is 2. The highest BCUT2D eigenvalue weighted by Crippen LogP contribution is 2.48. The minimum atomic E-state index is 0.138. The van der Waals surface area contributed by atoms with E-state index in [0.29, 0.717) is 23.0 Å². The second-order valence-corrected chi connectivity index (χ2v) is 8.80. The van der Waals surface area contributed by atoms with Gasteiger partial charge in [0.1, 0.15) is 15.9 Å². The number of amides is 1. The number of aryl methyl sites for hydroxylation is 1. The van der Waals surface area contributed by atoms with E-state index in [1.54, 1.807) is 11.8 Å². The first-order valence-electron chi connectivity index (χ1n) is 8.55. The van der Waals surface area contributed by atoms with Crippen LogP contribution in [0.5, 0.6) is 0 Å². The molecule has 1 amide bonds. The molecule has 1 aromatic heterocycles. The van der Waals surface area contributed by atoms with Crippen molar-refractivity contribution in [3.8, 4) is 0 Å². The van der Waals surface area contributed by atoms with Gasteiger partial charge in [-0.3, -0.25) is 4.79 Å². The van der Waals surface area contributed by atoms with Crippen molar-refractivity contribution >= 4 is 29.4 Å². The first kappa shape index (κ1) is 17.1. The van der Waals surface area contributed by atoms with Crippen LogP contribution in [0.1, 0.15) is 63.3 Å². The van der Waals surface area contributed by atoms with Gasteiger partial charge in [0.05, 0.1) is 5.75 Å². The lowest BCUT2D eigenvalue weighted by molar-refractivity contribution is -0.119. The molecule has 0 radical (unpaired) electrons. The predicted octanol–water partition coefficient (Wildman–Crippen LogP) is 3.92. The molecule has 2 atom stereocenters. The van der Waals surface area contributed by atoms with Gasteiger partial charge in [0.2, 0.25) is 5.91 Å². The Labute approximate surface area is 147 Å². The molecule has 1 N–H and O–H groups in total. The van der Waals surface area contributed by atoms with E-state index in [0.717, 1.165) is 35.1 Å². The molecule has 1 aromatic rings. The predicted molar refractivity (Wildman–Crippen MR) is 96.2 cm³/mol. The van der Waals surface area contributed by atoms with Crippen molar-refractivity contribution in [1.29, 1.82) is 0 Å². The standard InChI is InChI=1S/C17H25N3OS2/c1-4-13-10(2)23-17-15(13)16(18-11(3)19-17)22-9-14(21)20-12-7-5-6-8-12/h10,12-13H,4-9H2,1-3H3,(H,20,21)/t10-,13+/m0/s1. The van der Waals surface area contributed by atoms with Gasteiger partial charge in [-0.1, -0.05) is 38.5 Å². The van der Waals surface area contributed by atoms with Gasteiger partial charge in [0.25, 0.3) is 0 Å². The first-order valence-corrected chi connectivity index (χ1v) is 10.4. The van der Waals surface area contributed by atoms with E-state index in [1.165, 1.54) is 18.4 Å². The van der Waals surface area contributed by atoms with Crippen LogP contribution >= 0.6 is 23.5 Å². The molecule has 1 aliphatic heterocycles. The number of nitrogens with zero attached hydrogens (tertiary/aromatic N) is 2. The third-order valence-corrected chi connectivity index (χ3v) is 6.95. The van der Waals surface area contributed by atoms with Crippen LogP contribution in [0.4, 0.5) is 0 Å². The van der Waals surface area contributed by atoms with Gasteiger partial charge in [-0.05, 0) is 26.2 Å². The van der Waals surface area contributed by atoms with Gasteiger partial charge in [0.15, 0.2) is 0 Å². The summed E-state index contributed by atoms with van der Waals surface area (Å²) in [6.07, 6.45) is 5.83. The fraction of sp³-hybridized carbons (Fsp3) is 0.706. The molecule has 126 valence electrons. The Morgan fingerprint density at radius 2 is 2.09 bits per heavy atom. The summed E-state index contributed by atoms with van der Waals surface area (Å²) in [4.78, 5) is 21.4. The molecule has 0 saturated heterocycles. The van der Waals surface area contributed by atoms with Crippen molar-refractivity contribution in [2.75, 3.05) is 5.75 Å². The number of fused-ring (bicyclic) bond motifs is 1. The number of carbonyl (C=O) groups excluding carboxylic acids is 1. The largest absolute Gasteiger partial charge is 0.353 e. The van der Waals surface area contributed by atoms with Crippen molar-refractivity contribution < 1.29 is 4.79 Å². The molecule has 1 fully saturated rings. The van der Waals surface area contributed by atoms with Crippen molar-refractivity contribution in [1.82, 2.24) is 15.3 Å². The Kier molecular flexibility index (Phi) is 5.52. The SMILES string of the molecule is CC[C@H]1c2c(SCC(=O)NC3CCCC3)nc(C)nc2S[C@H]1C. The van der Waals surface area contributed by atoms with Crippen LogP contribution in [0.25, 0.3) is 0 Å². The van der Waals surface area contributed by atoms with E-state index in [2.05, 4.69) is 29.1 Å². The summed E-state index contributed by atoms with van der Waals surface area (Å²) in [6, 6.07) is 0.389. The average molecular weight is 352 g/mol. The highest BCUT2D eigenvalue weighted by Gasteiger charge is 2.33. The Morgan fingerprint density at radius 1 is 1.35 bits per heavy atom. The lowest BCUT2D eigenvalue weighted by atomic mass is 9.96. The summed E-state index contributed by atoms with van der Waals surface area (Å²) in [5, 5.41) is 5.83. The molecule has 1 aliphatic carbocycles. The molecule has 2 heterocycles. The summed E-state index contributed by atoms with van der Waals surface area (Å²) >= 11 is 3.42. The van der Waals surface area contributed by atoms with E-state index >= 15 is 0 Å².